The second kappa shape index (κ2) is 10.1. The lowest BCUT2D eigenvalue weighted by atomic mass is 10.2. The number of aromatic nitrogens is 6. The Hall–Kier alpha value is -4.35. The highest BCUT2D eigenvalue weighted by Crippen LogP contribution is 2.30. The topological polar surface area (TPSA) is 115 Å². The van der Waals surface area contributed by atoms with Crippen molar-refractivity contribution in [2.75, 3.05) is 37.9 Å². The monoisotopic (exact) mass is 485 g/mol. The molecule has 0 saturated carbocycles. The Morgan fingerprint density at radius 1 is 1.03 bits per heavy atom. The number of hydroxylamine groups is 2. The quantitative estimate of drug-likeness (QED) is 0.296. The predicted octanol–water partition coefficient (Wildman–Crippen LogP) is 4.06. The van der Waals surface area contributed by atoms with Crippen molar-refractivity contribution >= 4 is 39.5 Å². The van der Waals surface area contributed by atoms with E-state index in [0.29, 0.717) is 35.9 Å². The first-order chi connectivity index (χ1) is 17.5. The summed E-state index contributed by atoms with van der Waals surface area (Å²) in [7, 11) is 5.46. The van der Waals surface area contributed by atoms with Gasteiger partial charge < -0.3 is 24.8 Å². The maximum Gasteiger partial charge on any atom is 0.223 e. The maximum atomic E-state index is 6.14. The molecule has 11 nitrogen and oxygen atoms in total. The third kappa shape index (κ3) is 5.02. The normalized spacial score (nSPS) is 11.4. The van der Waals surface area contributed by atoms with Crippen molar-refractivity contribution in [1.82, 2.24) is 34.6 Å². The van der Waals surface area contributed by atoms with Crippen LogP contribution in [0.25, 0.3) is 22.1 Å². The minimum Gasteiger partial charge on any atom is -0.457 e. The van der Waals surface area contributed by atoms with E-state index < -0.39 is 0 Å². The highest BCUT2D eigenvalue weighted by atomic mass is 16.7. The Bertz CT molecular complexity index is 1520. The summed E-state index contributed by atoms with van der Waals surface area (Å²) < 4.78 is 8.11. The van der Waals surface area contributed by atoms with Crippen LogP contribution >= 0.6 is 0 Å². The van der Waals surface area contributed by atoms with Crippen LogP contribution in [0.4, 0.5) is 17.5 Å². The number of fused-ring (bicyclic) bond motifs is 2. The highest BCUT2D eigenvalue weighted by molar-refractivity contribution is 5.87. The predicted molar refractivity (Wildman–Crippen MR) is 139 cm³/mol. The summed E-state index contributed by atoms with van der Waals surface area (Å²) in [5, 5.41) is 8.27. The number of nitrogens with zero attached hydrogens (tertiary/aromatic N) is 7. The van der Waals surface area contributed by atoms with Crippen molar-refractivity contribution in [3.05, 3.63) is 60.8 Å². The Morgan fingerprint density at radius 3 is 2.75 bits per heavy atom. The van der Waals surface area contributed by atoms with Crippen LogP contribution in [0.5, 0.6) is 11.5 Å². The third-order valence-electron chi connectivity index (χ3n) is 5.76. The molecule has 0 amide bonds. The van der Waals surface area contributed by atoms with Crippen LogP contribution in [-0.4, -0.2) is 61.8 Å². The molecule has 0 spiro atoms. The zero-order valence-corrected chi connectivity index (χ0v) is 20.6. The first kappa shape index (κ1) is 23.4. The van der Waals surface area contributed by atoms with E-state index in [4.69, 9.17) is 9.57 Å². The van der Waals surface area contributed by atoms with Gasteiger partial charge in [0, 0.05) is 38.9 Å². The van der Waals surface area contributed by atoms with Gasteiger partial charge in [0.05, 0.1) is 30.7 Å². The molecule has 0 aliphatic rings. The summed E-state index contributed by atoms with van der Waals surface area (Å²) in [4.78, 5) is 27.2. The molecule has 2 aromatic carbocycles. The Balaban J connectivity index is 1.33. The van der Waals surface area contributed by atoms with Crippen molar-refractivity contribution < 1.29 is 9.57 Å². The molecule has 0 saturated heterocycles. The zero-order valence-electron chi connectivity index (χ0n) is 20.6. The van der Waals surface area contributed by atoms with Crippen LogP contribution in [-0.2, 0) is 11.9 Å². The van der Waals surface area contributed by atoms with E-state index in [1.165, 1.54) is 6.33 Å². The van der Waals surface area contributed by atoms with Gasteiger partial charge in [0.25, 0.3) is 0 Å². The van der Waals surface area contributed by atoms with Gasteiger partial charge in [-0.05, 0) is 42.8 Å². The summed E-state index contributed by atoms with van der Waals surface area (Å²) in [6.45, 7) is 3.30. The number of nitrogens with one attached hydrogen (secondary N) is 2. The SMILES string of the molecule is CON(C)CCNc1ncc2ncnc(Nc3ccc(Oc4ccc5c(c4)ncn5C)c(C)c3)c2n1. The van der Waals surface area contributed by atoms with Gasteiger partial charge in [-0.2, -0.15) is 5.06 Å². The van der Waals surface area contributed by atoms with Crippen molar-refractivity contribution in [3.8, 4) is 11.5 Å². The first-order valence-electron chi connectivity index (χ1n) is 11.4. The van der Waals surface area contributed by atoms with Crippen LogP contribution in [0.1, 0.15) is 5.56 Å². The minimum atomic E-state index is 0.495. The molecule has 0 aliphatic carbocycles. The molecule has 5 aromatic rings. The largest absolute Gasteiger partial charge is 0.457 e. The van der Waals surface area contributed by atoms with Crippen molar-refractivity contribution in [2.24, 2.45) is 7.05 Å². The number of rotatable bonds is 9. The molecule has 0 bridgehead atoms. The number of hydrogen-bond donors (Lipinski definition) is 2. The van der Waals surface area contributed by atoms with Crippen molar-refractivity contribution in [3.63, 3.8) is 0 Å². The molecule has 3 aromatic heterocycles. The lowest BCUT2D eigenvalue weighted by molar-refractivity contribution is -0.105. The standard InChI is InChI=1S/C25H27N9O2/c1-16-11-17(5-8-22(16)36-18-6-7-21-19(12-18)30-15-33(21)2)31-24-23-20(28-14-29-24)13-27-25(32-23)26-9-10-34(3)35-4/h5-8,11-15H,9-10H2,1-4H3,(H,26,27,32)(H,28,29,31). The van der Waals surface area contributed by atoms with Gasteiger partial charge in [-0.25, -0.2) is 24.9 Å². The third-order valence-corrected chi connectivity index (χ3v) is 5.76. The Morgan fingerprint density at radius 2 is 1.92 bits per heavy atom. The molecule has 0 unspecified atom stereocenters. The van der Waals surface area contributed by atoms with E-state index in [-0.39, 0.29) is 0 Å². The number of anilines is 3. The van der Waals surface area contributed by atoms with E-state index >= 15 is 0 Å². The lowest BCUT2D eigenvalue weighted by Crippen LogP contribution is -2.24. The van der Waals surface area contributed by atoms with E-state index in [0.717, 1.165) is 33.8 Å². The van der Waals surface area contributed by atoms with Crippen LogP contribution in [0, 0.1) is 6.92 Å². The molecule has 36 heavy (non-hydrogen) atoms. The van der Waals surface area contributed by atoms with Crippen LogP contribution in [0.15, 0.2) is 55.2 Å². The number of ether oxygens (including phenoxy) is 1. The number of benzene rings is 2. The fourth-order valence-electron chi connectivity index (χ4n) is 3.73. The summed E-state index contributed by atoms with van der Waals surface area (Å²) in [5.41, 5.74) is 5.04. The molecule has 0 radical (unpaired) electrons. The molecule has 0 aliphatic heterocycles. The number of imidazole rings is 1. The Kier molecular flexibility index (Phi) is 6.56. The molecule has 2 N–H and O–H groups in total. The van der Waals surface area contributed by atoms with Gasteiger partial charge in [-0.15, -0.1) is 0 Å². The molecule has 184 valence electrons. The van der Waals surface area contributed by atoms with Crippen LogP contribution in [0.3, 0.4) is 0 Å². The summed E-state index contributed by atoms with van der Waals surface area (Å²) in [5.74, 6) is 2.58. The second-order valence-electron chi connectivity index (χ2n) is 8.32. The number of hydrogen-bond acceptors (Lipinski definition) is 10. The van der Waals surface area contributed by atoms with E-state index in [1.807, 2.05) is 62.0 Å². The fraction of sp³-hybridized carbons (Fsp3) is 0.240. The summed E-state index contributed by atoms with van der Waals surface area (Å²) >= 11 is 0. The molecule has 11 heteroatoms. The van der Waals surface area contributed by atoms with Gasteiger partial charge in [0.15, 0.2) is 5.82 Å². The molecule has 3 heterocycles. The zero-order chi connectivity index (χ0) is 25.1. The van der Waals surface area contributed by atoms with Crippen LogP contribution in [0.2, 0.25) is 0 Å². The average molecular weight is 486 g/mol. The minimum absolute atomic E-state index is 0.495. The van der Waals surface area contributed by atoms with Gasteiger partial charge in [-0.3, -0.25) is 0 Å². The lowest BCUT2D eigenvalue weighted by Gasteiger charge is -2.14. The van der Waals surface area contributed by atoms with E-state index in [9.17, 15) is 0 Å². The number of aryl methyl sites for hydroxylation is 2. The van der Waals surface area contributed by atoms with Crippen LogP contribution < -0.4 is 15.4 Å². The molecular weight excluding hydrogens is 458 g/mol. The fourth-order valence-corrected chi connectivity index (χ4v) is 3.73. The van der Waals surface area contributed by atoms with Crippen molar-refractivity contribution in [2.45, 2.75) is 6.92 Å². The van der Waals surface area contributed by atoms with Crippen molar-refractivity contribution in [1.29, 1.82) is 0 Å². The second-order valence-corrected chi connectivity index (χ2v) is 8.32. The first-order valence-corrected chi connectivity index (χ1v) is 11.4. The van der Waals surface area contributed by atoms with E-state index in [2.05, 4.69) is 35.6 Å². The molecule has 5 rings (SSSR count). The molecule has 0 fully saturated rings. The van der Waals surface area contributed by atoms with Gasteiger partial charge in [0.2, 0.25) is 5.95 Å². The summed E-state index contributed by atoms with van der Waals surface area (Å²) in [6, 6.07) is 11.8. The number of likely N-dealkylation sites (N-methyl/N-ethyl adjacent to an activating group) is 1. The highest BCUT2D eigenvalue weighted by Gasteiger charge is 2.11. The van der Waals surface area contributed by atoms with Gasteiger partial charge in [-0.1, -0.05) is 0 Å². The molecular formula is C25H27N9O2. The van der Waals surface area contributed by atoms with E-state index in [1.54, 1.807) is 24.7 Å². The maximum absolute atomic E-state index is 6.14. The molecule has 0 atom stereocenters. The average Bonchev–Trinajstić information content (AvgIpc) is 3.25. The Labute approximate surface area is 208 Å². The van der Waals surface area contributed by atoms with Gasteiger partial charge in [0.1, 0.15) is 28.9 Å². The van der Waals surface area contributed by atoms with Gasteiger partial charge >= 0.3 is 0 Å². The smallest absolute Gasteiger partial charge is 0.223 e. The summed E-state index contributed by atoms with van der Waals surface area (Å²) in [6.07, 6.45) is 4.96.